The average Bonchev–Trinajstić information content (AvgIpc) is 2.96. The smallest absolute Gasteiger partial charge is 0.196 e. The Morgan fingerprint density at radius 1 is 1.37 bits per heavy atom. The molecule has 2 heterocycles. The molecule has 3 rings (SSSR count). The van der Waals surface area contributed by atoms with Crippen LogP contribution < -0.4 is 10.6 Å². The number of hydrogen-bond donors (Lipinski definition) is 1. The number of anilines is 1. The van der Waals surface area contributed by atoms with Gasteiger partial charge in [-0.25, -0.2) is 4.98 Å². The molecule has 1 aromatic heterocycles. The third kappa shape index (κ3) is 1.96. The maximum Gasteiger partial charge on any atom is 0.196 e. The Morgan fingerprint density at radius 3 is 2.84 bits per heavy atom. The SMILES string of the molecule is Cn1cncc1C1CN=C(N)N1c1ccccc1Cl. The molecule has 19 heavy (non-hydrogen) atoms. The Hall–Kier alpha value is -2.01. The standard InChI is InChI=1S/C13H14ClN5/c1-18-8-16-6-11(18)12-7-17-13(15)19(12)10-5-3-2-4-9(10)14/h2-6,8,12H,7H2,1H3,(H2,15,17). The first-order chi connectivity index (χ1) is 9.18. The number of rotatable bonds is 2. The maximum absolute atomic E-state index is 6.26. The van der Waals surface area contributed by atoms with Gasteiger partial charge in [0.15, 0.2) is 5.96 Å². The van der Waals surface area contributed by atoms with Crippen LogP contribution in [0, 0.1) is 0 Å². The summed E-state index contributed by atoms with van der Waals surface area (Å²) < 4.78 is 1.97. The first-order valence-electron chi connectivity index (χ1n) is 5.98. The summed E-state index contributed by atoms with van der Waals surface area (Å²) in [5.41, 5.74) is 7.94. The van der Waals surface area contributed by atoms with Gasteiger partial charge in [0.2, 0.25) is 0 Å². The lowest BCUT2D eigenvalue weighted by molar-refractivity contribution is 0.689. The first kappa shape index (κ1) is 12.0. The number of halogens is 1. The highest BCUT2D eigenvalue weighted by atomic mass is 35.5. The van der Waals surface area contributed by atoms with Gasteiger partial charge in [0, 0.05) is 7.05 Å². The zero-order valence-electron chi connectivity index (χ0n) is 10.5. The van der Waals surface area contributed by atoms with Crippen molar-refractivity contribution in [3.05, 3.63) is 47.5 Å². The van der Waals surface area contributed by atoms with Crippen LogP contribution in [0.3, 0.4) is 0 Å². The number of aromatic nitrogens is 2. The lowest BCUT2D eigenvalue weighted by Gasteiger charge is -2.27. The van der Waals surface area contributed by atoms with Gasteiger partial charge in [-0.2, -0.15) is 0 Å². The monoisotopic (exact) mass is 275 g/mol. The molecule has 2 aromatic rings. The summed E-state index contributed by atoms with van der Waals surface area (Å²) >= 11 is 6.26. The van der Waals surface area contributed by atoms with E-state index >= 15 is 0 Å². The molecule has 6 heteroatoms. The lowest BCUT2D eigenvalue weighted by Crippen LogP contribution is -2.37. The van der Waals surface area contributed by atoms with E-state index in [9.17, 15) is 0 Å². The van der Waals surface area contributed by atoms with Crippen molar-refractivity contribution in [3.8, 4) is 0 Å². The topological polar surface area (TPSA) is 59.4 Å². The number of guanidine groups is 1. The molecule has 1 aliphatic heterocycles. The molecule has 0 radical (unpaired) electrons. The second-order valence-corrected chi connectivity index (χ2v) is 4.87. The van der Waals surface area contributed by atoms with Gasteiger partial charge < -0.3 is 15.2 Å². The van der Waals surface area contributed by atoms with Crippen molar-refractivity contribution in [2.75, 3.05) is 11.4 Å². The molecule has 0 fully saturated rings. The molecule has 1 atom stereocenters. The molecular weight excluding hydrogens is 262 g/mol. The van der Waals surface area contributed by atoms with Crippen LogP contribution in [-0.2, 0) is 7.05 Å². The Bertz CT molecular complexity index is 633. The third-order valence-electron chi connectivity index (χ3n) is 3.29. The van der Waals surface area contributed by atoms with E-state index in [2.05, 4.69) is 9.98 Å². The predicted octanol–water partition coefficient (Wildman–Crippen LogP) is 1.95. The van der Waals surface area contributed by atoms with Crippen molar-refractivity contribution in [1.29, 1.82) is 0 Å². The fourth-order valence-corrected chi connectivity index (χ4v) is 2.58. The average molecular weight is 276 g/mol. The lowest BCUT2D eigenvalue weighted by atomic mass is 10.1. The second kappa shape index (κ2) is 4.59. The summed E-state index contributed by atoms with van der Waals surface area (Å²) in [5, 5.41) is 0.662. The molecule has 0 saturated heterocycles. The summed E-state index contributed by atoms with van der Waals surface area (Å²) in [6.07, 6.45) is 3.61. The highest BCUT2D eigenvalue weighted by Gasteiger charge is 2.31. The minimum Gasteiger partial charge on any atom is -0.369 e. The van der Waals surface area contributed by atoms with Gasteiger partial charge in [0.1, 0.15) is 0 Å². The van der Waals surface area contributed by atoms with E-state index in [-0.39, 0.29) is 6.04 Å². The Balaban J connectivity index is 2.05. The summed E-state index contributed by atoms with van der Waals surface area (Å²) in [7, 11) is 1.96. The van der Waals surface area contributed by atoms with E-state index in [4.69, 9.17) is 17.3 Å². The van der Waals surface area contributed by atoms with Crippen LogP contribution in [0.4, 0.5) is 5.69 Å². The number of nitrogens with zero attached hydrogens (tertiary/aromatic N) is 4. The van der Waals surface area contributed by atoms with Crippen LogP contribution in [0.15, 0.2) is 41.8 Å². The quantitative estimate of drug-likeness (QED) is 0.911. The highest BCUT2D eigenvalue weighted by Crippen LogP contribution is 2.34. The number of hydrogen-bond acceptors (Lipinski definition) is 4. The molecule has 5 nitrogen and oxygen atoms in total. The van der Waals surface area contributed by atoms with Crippen LogP contribution in [0.25, 0.3) is 0 Å². The fourth-order valence-electron chi connectivity index (χ4n) is 2.35. The Morgan fingerprint density at radius 2 is 2.16 bits per heavy atom. The molecule has 2 N–H and O–H groups in total. The van der Waals surface area contributed by atoms with E-state index in [0.717, 1.165) is 11.4 Å². The third-order valence-corrected chi connectivity index (χ3v) is 3.61. The van der Waals surface area contributed by atoms with Gasteiger partial charge >= 0.3 is 0 Å². The molecule has 1 aromatic carbocycles. The number of para-hydroxylation sites is 1. The zero-order valence-corrected chi connectivity index (χ0v) is 11.2. The van der Waals surface area contributed by atoms with Gasteiger partial charge in [-0.05, 0) is 12.1 Å². The van der Waals surface area contributed by atoms with Gasteiger partial charge in [-0.3, -0.25) is 4.99 Å². The van der Waals surface area contributed by atoms with Gasteiger partial charge in [0.25, 0.3) is 0 Å². The van der Waals surface area contributed by atoms with Crippen molar-refractivity contribution < 1.29 is 0 Å². The van der Waals surface area contributed by atoms with E-state index in [1.807, 2.05) is 47.0 Å². The van der Waals surface area contributed by atoms with Crippen LogP contribution in [0.1, 0.15) is 11.7 Å². The van der Waals surface area contributed by atoms with E-state index in [1.54, 1.807) is 6.33 Å². The van der Waals surface area contributed by atoms with Crippen LogP contribution in [0.5, 0.6) is 0 Å². The predicted molar refractivity (Wildman–Crippen MR) is 76.4 cm³/mol. The van der Waals surface area contributed by atoms with Crippen LogP contribution in [0.2, 0.25) is 5.02 Å². The van der Waals surface area contributed by atoms with Crippen LogP contribution in [-0.4, -0.2) is 22.1 Å². The van der Waals surface area contributed by atoms with Gasteiger partial charge in [-0.1, -0.05) is 23.7 Å². The normalized spacial score (nSPS) is 18.7. The molecule has 0 spiro atoms. The molecule has 1 unspecified atom stereocenters. The second-order valence-electron chi connectivity index (χ2n) is 4.47. The highest BCUT2D eigenvalue weighted by molar-refractivity contribution is 6.33. The number of benzene rings is 1. The van der Waals surface area contributed by atoms with E-state index in [1.165, 1.54) is 0 Å². The van der Waals surface area contributed by atoms with E-state index < -0.39 is 0 Å². The number of nitrogens with two attached hydrogens (primary N) is 1. The molecule has 1 aliphatic rings. The Kier molecular flexibility index (Phi) is 2.91. The van der Waals surface area contributed by atoms with Crippen molar-refractivity contribution in [3.63, 3.8) is 0 Å². The van der Waals surface area contributed by atoms with Crippen molar-refractivity contribution in [2.24, 2.45) is 17.8 Å². The summed E-state index contributed by atoms with van der Waals surface area (Å²) in [6, 6.07) is 7.66. The van der Waals surface area contributed by atoms with Crippen molar-refractivity contribution in [1.82, 2.24) is 9.55 Å². The van der Waals surface area contributed by atoms with E-state index in [0.29, 0.717) is 17.5 Å². The summed E-state index contributed by atoms with van der Waals surface area (Å²) in [6.45, 7) is 0.608. The van der Waals surface area contributed by atoms with Crippen LogP contribution >= 0.6 is 11.6 Å². The molecule has 98 valence electrons. The summed E-state index contributed by atoms with van der Waals surface area (Å²) in [5.74, 6) is 0.485. The Labute approximate surface area is 116 Å². The molecule has 0 bridgehead atoms. The molecule has 0 saturated carbocycles. The van der Waals surface area contributed by atoms with Gasteiger partial charge in [-0.15, -0.1) is 0 Å². The molecular formula is C13H14ClN5. The maximum atomic E-state index is 6.26. The first-order valence-corrected chi connectivity index (χ1v) is 6.36. The van der Waals surface area contributed by atoms with Crippen molar-refractivity contribution >= 4 is 23.2 Å². The summed E-state index contributed by atoms with van der Waals surface area (Å²) in [4.78, 5) is 10.4. The molecule has 0 amide bonds. The number of aliphatic imine (C=N–C) groups is 1. The number of aryl methyl sites for hydroxylation is 1. The molecule has 0 aliphatic carbocycles. The number of imidazole rings is 1. The largest absolute Gasteiger partial charge is 0.369 e. The van der Waals surface area contributed by atoms with Gasteiger partial charge in [0.05, 0.1) is 41.5 Å². The fraction of sp³-hybridized carbons (Fsp3) is 0.231. The van der Waals surface area contributed by atoms with Crippen molar-refractivity contribution in [2.45, 2.75) is 6.04 Å². The zero-order chi connectivity index (χ0) is 13.4. The minimum absolute atomic E-state index is 0.0346. The minimum atomic E-state index is 0.0346.